The number of carbonyl (C=O) groups excluding carboxylic acids is 1. The maximum absolute atomic E-state index is 12.8. The lowest BCUT2D eigenvalue weighted by atomic mass is 10.1. The van der Waals surface area contributed by atoms with Gasteiger partial charge in [0.25, 0.3) is 0 Å². The fourth-order valence-corrected chi connectivity index (χ4v) is 0.938. The molecule has 0 bridgehead atoms. The number of esters is 1. The first-order valence-electron chi connectivity index (χ1n) is 5.29. The number of halogens is 16. The minimum Gasteiger partial charge on any atom is -0.368 e. The quantitative estimate of drug-likeness (QED) is 0.436. The molecule has 3 nitrogen and oxygen atoms in total. The zero-order chi connectivity index (χ0) is 22.5. The summed E-state index contributed by atoms with van der Waals surface area (Å²) in [5.41, 5.74) is 0. The molecular formula is C8F16O3. The summed E-state index contributed by atoms with van der Waals surface area (Å²) in [5, 5.41) is 0. The van der Waals surface area contributed by atoms with E-state index in [-0.39, 0.29) is 0 Å². The summed E-state index contributed by atoms with van der Waals surface area (Å²) in [6, 6.07) is 0. The Kier molecular flexibility index (Phi) is 6.03. The van der Waals surface area contributed by atoms with Gasteiger partial charge in [0.1, 0.15) is 0 Å². The molecular weight excluding hydrogens is 448 g/mol. The van der Waals surface area contributed by atoms with Crippen molar-refractivity contribution in [3.05, 3.63) is 0 Å². The van der Waals surface area contributed by atoms with E-state index in [0.717, 1.165) is 0 Å². The molecule has 0 aliphatic carbocycles. The van der Waals surface area contributed by atoms with E-state index in [9.17, 15) is 75.0 Å². The van der Waals surface area contributed by atoms with Crippen LogP contribution in [0.25, 0.3) is 0 Å². The molecule has 0 spiro atoms. The molecule has 0 aromatic rings. The molecule has 0 saturated heterocycles. The molecule has 0 radical (unpaired) electrons. The molecule has 162 valence electrons. The zero-order valence-corrected chi connectivity index (χ0v) is 11.3. The highest BCUT2D eigenvalue weighted by Crippen LogP contribution is 2.55. The van der Waals surface area contributed by atoms with Crippen molar-refractivity contribution in [2.75, 3.05) is 0 Å². The fraction of sp³-hybridized carbons (Fsp3) is 0.875. The Balaban J connectivity index is 5.92. The first-order valence-corrected chi connectivity index (χ1v) is 5.29. The van der Waals surface area contributed by atoms with Crippen LogP contribution < -0.4 is 0 Å². The van der Waals surface area contributed by atoms with Gasteiger partial charge in [0.15, 0.2) is 0 Å². The van der Waals surface area contributed by atoms with Crippen molar-refractivity contribution in [1.29, 1.82) is 0 Å². The fourth-order valence-electron chi connectivity index (χ4n) is 0.938. The van der Waals surface area contributed by atoms with Crippen molar-refractivity contribution in [3.8, 4) is 0 Å². The number of alkyl halides is 16. The van der Waals surface area contributed by atoms with E-state index in [1.165, 1.54) is 4.74 Å². The molecule has 0 N–H and O–H groups in total. The van der Waals surface area contributed by atoms with Gasteiger partial charge in [-0.15, -0.1) is 13.2 Å². The van der Waals surface area contributed by atoms with E-state index in [1.54, 1.807) is 4.74 Å². The Morgan fingerprint density at radius 2 is 0.926 bits per heavy atom. The van der Waals surface area contributed by atoms with Gasteiger partial charge in [-0.2, -0.15) is 57.1 Å². The molecule has 0 atom stereocenters. The van der Waals surface area contributed by atoms with Gasteiger partial charge in [0, 0.05) is 0 Å². The highest BCUT2D eigenvalue weighted by molar-refractivity contribution is 5.78. The molecule has 0 amide bonds. The Bertz CT molecular complexity index is 557. The summed E-state index contributed by atoms with van der Waals surface area (Å²) < 4.78 is 199. The van der Waals surface area contributed by atoms with E-state index in [4.69, 9.17) is 0 Å². The molecule has 19 heteroatoms. The molecule has 0 aliphatic heterocycles. The Morgan fingerprint density at radius 3 is 1.22 bits per heavy atom. The maximum atomic E-state index is 12.8. The van der Waals surface area contributed by atoms with E-state index < -0.39 is 48.5 Å². The van der Waals surface area contributed by atoms with Crippen LogP contribution in [0.4, 0.5) is 70.2 Å². The van der Waals surface area contributed by atoms with Gasteiger partial charge in [0.05, 0.1) is 0 Å². The first kappa shape index (κ1) is 25.3. The summed E-state index contributed by atoms with van der Waals surface area (Å²) in [5.74, 6) is -27.4. The third-order valence-electron chi connectivity index (χ3n) is 2.20. The van der Waals surface area contributed by atoms with Crippen molar-refractivity contribution in [1.82, 2.24) is 0 Å². The summed E-state index contributed by atoms with van der Waals surface area (Å²) in [6.45, 7) is 0. The molecule has 0 fully saturated rings. The van der Waals surface area contributed by atoms with Crippen molar-refractivity contribution in [2.24, 2.45) is 0 Å². The van der Waals surface area contributed by atoms with E-state index in [2.05, 4.69) is 0 Å². The van der Waals surface area contributed by atoms with Crippen LogP contribution >= 0.6 is 0 Å². The lowest BCUT2D eigenvalue weighted by molar-refractivity contribution is -0.499. The summed E-state index contributed by atoms with van der Waals surface area (Å²) in [6.07, 6.45) is -29.2. The minimum atomic E-state index is -7.98. The Hall–Kier alpha value is -1.69. The van der Waals surface area contributed by atoms with Crippen molar-refractivity contribution in [3.63, 3.8) is 0 Å². The molecule has 0 heterocycles. The van der Waals surface area contributed by atoms with Gasteiger partial charge in [0.2, 0.25) is 0 Å². The summed E-state index contributed by atoms with van der Waals surface area (Å²) in [4.78, 5) is 10.2. The molecule has 0 aromatic carbocycles. The van der Waals surface area contributed by atoms with Crippen LogP contribution in [0, 0.1) is 0 Å². The predicted octanol–water partition coefficient (Wildman–Crippen LogP) is 4.72. The van der Waals surface area contributed by atoms with E-state index in [0.29, 0.717) is 0 Å². The summed E-state index contributed by atoms with van der Waals surface area (Å²) >= 11 is 0. The second kappa shape index (κ2) is 6.43. The number of hydrogen-bond acceptors (Lipinski definition) is 3. The molecule has 0 aliphatic rings. The highest BCUT2D eigenvalue weighted by atomic mass is 19.4. The standard InChI is InChI=1S/C8F16O3/c9-2(10,1(25)26-8(22,23)24)6(18,19)27-7(20,21)4(13,14)3(11,12)5(15,16)17. The monoisotopic (exact) mass is 448 g/mol. The molecule has 0 saturated carbocycles. The van der Waals surface area contributed by atoms with Gasteiger partial charge in [-0.1, -0.05) is 0 Å². The van der Waals surface area contributed by atoms with Gasteiger partial charge in [-0.25, -0.2) is 9.53 Å². The van der Waals surface area contributed by atoms with Gasteiger partial charge in [-0.3, -0.25) is 0 Å². The molecule has 27 heavy (non-hydrogen) atoms. The van der Waals surface area contributed by atoms with Crippen molar-refractivity contribution in [2.45, 2.75) is 42.5 Å². The maximum Gasteiger partial charge on any atom is 0.575 e. The lowest BCUT2D eigenvalue weighted by Gasteiger charge is -2.35. The summed E-state index contributed by atoms with van der Waals surface area (Å²) in [7, 11) is 0. The average Bonchev–Trinajstić information content (AvgIpc) is 2.32. The Labute approximate surface area is 134 Å². The second-order valence-electron chi connectivity index (χ2n) is 4.19. The normalized spacial score (nSPS) is 15.7. The topological polar surface area (TPSA) is 35.5 Å². The average molecular weight is 448 g/mol. The molecule has 0 aromatic heterocycles. The number of carbonyl (C=O) groups is 1. The van der Waals surface area contributed by atoms with E-state index in [1.807, 2.05) is 0 Å². The zero-order valence-electron chi connectivity index (χ0n) is 11.3. The van der Waals surface area contributed by atoms with Crippen LogP contribution in [0.3, 0.4) is 0 Å². The van der Waals surface area contributed by atoms with Crippen LogP contribution in [0.2, 0.25) is 0 Å². The van der Waals surface area contributed by atoms with Crippen LogP contribution in [0.15, 0.2) is 0 Å². The number of ether oxygens (including phenoxy) is 2. The second-order valence-corrected chi connectivity index (χ2v) is 4.19. The highest BCUT2D eigenvalue weighted by Gasteiger charge is 2.85. The van der Waals surface area contributed by atoms with Gasteiger partial charge < -0.3 is 4.74 Å². The smallest absolute Gasteiger partial charge is 0.368 e. The van der Waals surface area contributed by atoms with E-state index >= 15 is 0 Å². The Morgan fingerprint density at radius 1 is 0.556 bits per heavy atom. The SMILES string of the molecule is O=C(OC(F)(F)F)C(F)(F)C(F)(F)OC(F)(F)C(F)(F)C(F)(F)C(F)(F)F. The number of rotatable bonds is 6. The van der Waals surface area contributed by atoms with Crippen LogP contribution in [-0.4, -0.2) is 48.5 Å². The van der Waals surface area contributed by atoms with Crippen LogP contribution in [0.1, 0.15) is 0 Å². The lowest BCUT2D eigenvalue weighted by Crippen LogP contribution is -2.65. The van der Waals surface area contributed by atoms with Crippen LogP contribution in [-0.2, 0) is 14.3 Å². The van der Waals surface area contributed by atoms with Crippen molar-refractivity contribution >= 4 is 5.97 Å². The predicted molar refractivity (Wildman–Crippen MR) is 44.0 cm³/mol. The molecule has 0 rings (SSSR count). The number of hydrogen-bond donors (Lipinski definition) is 0. The van der Waals surface area contributed by atoms with Crippen molar-refractivity contribution < 1.29 is 84.5 Å². The molecule has 0 unspecified atom stereocenters. The largest absolute Gasteiger partial charge is 0.575 e. The third-order valence-corrected chi connectivity index (χ3v) is 2.20. The minimum absolute atomic E-state index is 1.26. The third kappa shape index (κ3) is 4.60. The first-order chi connectivity index (χ1) is 11.3. The van der Waals surface area contributed by atoms with Crippen LogP contribution in [0.5, 0.6) is 0 Å². The van der Waals surface area contributed by atoms with Gasteiger partial charge >= 0.3 is 48.5 Å². The van der Waals surface area contributed by atoms with Gasteiger partial charge in [-0.05, 0) is 0 Å².